The molecule has 3 aromatic heterocycles. The second-order valence-corrected chi connectivity index (χ2v) is 11.0. The highest BCUT2D eigenvalue weighted by atomic mass is 35.5. The zero-order valence-corrected chi connectivity index (χ0v) is 22.3. The fraction of sp³-hybridized carbons (Fsp3) is 0.185. The molecule has 2 N–H and O–H groups in total. The molecule has 2 aromatic carbocycles. The molecule has 8 rings (SSSR count). The van der Waals surface area contributed by atoms with Crippen molar-refractivity contribution in [2.45, 2.75) is 18.4 Å². The van der Waals surface area contributed by atoms with Crippen LogP contribution in [0.4, 0.5) is 10.1 Å². The van der Waals surface area contributed by atoms with Crippen LogP contribution in [0.15, 0.2) is 53.5 Å². The van der Waals surface area contributed by atoms with Gasteiger partial charge in [0.2, 0.25) is 5.95 Å². The van der Waals surface area contributed by atoms with E-state index in [1.54, 1.807) is 47.2 Å². The zero-order chi connectivity index (χ0) is 28.0. The Morgan fingerprint density at radius 1 is 1.07 bits per heavy atom. The molecule has 3 aliphatic rings. The Labute approximate surface area is 239 Å². The summed E-state index contributed by atoms with van der Waals surface area (Å²) >= 11 is 12.3. The van der Waals surface area contributed by atoms with Gasteiger partial charge in [-0.15, -0.1) is 5.10 Å². The summed E-state index contributed by atoms with van der Waals surface area (Å²) in [5.74, 6) is 0.415. The Hall–Kier alpha value is -4.55. The molecule has 14 heteroatoms. The van der Waals surface area contributed by atoms with Crippen molar-refractivity contribution < 1.29 is 13.9 Å². The van der Waals surface area contributed by atoms with Gasteiger partial charge in [0.15, 0.2) is 11.8 Å². The highest BCUT2D eigenvalue weighted by molar-refractivity contribution is 6.31. The average molecular weight is 591 g/mol. The summed E-state index contributed by atoms with van der Waals surface area (Å²) in [4.78, 5) is 37.3. The van der Waals surface area contributed by atoms with Gasteiger partial charge >= 0.3 is 0 Å². The standard InChI is InChI=1S/C27H17Cl2FN8O3/c28-12-2-4-18(37-9-20(29)35-36-37)15(6-12)17-8-22(40)38-24(13-7-14(13)27(38)32-17)23-25(30)34-26(33-23)11-1-3-16-19(5-11)41-10-21(39)31-16/h1-6,8-9,13-14,24H,7,10H2,(H,31,39)(H,33,34). The number of carbonyl (C=O) groups excluding carboxylic acids is 1. The van der Waals surface area contributed by atoms with Gasteiger partial charge in [-0.2, -0.15) is 4.39 Å². The second kappa shape index (κ2) is 8.72. The molecule has 5 aromatic rings. The summed E-state index contributed by atoms with van der Waals surface area (Å²) in [6.45, 7) is -0.0999. The third-order valence-electron chi connectivity index (χ3n) is 7.65. The predicted octanol–water partition coefficient (Wildman–Crippen LogP) is 4.36. The van der Waals surface area contributed by atoms with Crippen LogP contribution >= 0.6 is 23.2 Å². The van der Waals surface area contributed by atoms with Gasteiger partial charge in [0.05, 0.1) is 35.0 Å². The Bertz CT molecular complexity index is 1990. The normalized spacial score (nSPS) is 20.2. The molecular weight excluding hydrogens is 574 g/mol. The molecule has 3 unspecified atom stereocenters. The number of benzene rings is 2. The van der Waals surface area contributed by atoms with Crippen molar-refractivity contribution in [3.63, 3.8) is 0 Å². The van der Waals surface area contributed by atoms with Crippen LogP contribution in [0.2, 0.25) is 10.2 Å². The number of imidazole rings is 1. The fourth-order valence-electron chi connectivity index (χ4n) is 5.78. The highest BCUT2D eigenvalue weighted by Gasteiger charge is 2.56. The maximum atomic E-state index is 15.4. The topological polar surface area (TPSA) is 133 Å². The average Bonchev–Trinajstić information content (AvgIpc) is 3.28. The van der Waals surface area contributed by atoms with Crippen molar-refractivity contribution in [3.8, 4) is 34.1 Å². The molecular formula is C27H17Cl2FN8O3. The number of ether oxygens (including phenoxy) is 1. The van der Waals surface area contributed by atoms with Crippen molar-refractivity contribution in [1.29, 1.82) is 0 Å². The van der Waals surface area contributed by atoms with Crippen molar-refractivity contribution in [2.24, 2.45) is 5.92 Å². The van der Waals surface area contributed by atoms with Gasteiger partial charge in [0.25, 0.3) is 11.5 Å². The predicted molar refractivity (Wildman–Crippen MR) is 146 cm³/mol. The maximum Gasteiger partial charge on any atom is 0.262 e. The monoisotopic (exact) mass is 590 g/mol. The summed E-state index contributed by atoms with van der Waals surface area (Å²) in [6, 6.07) is 11.1. The van der Waals surface area contributed by atoms with Gasteiger partial charge in [-0.25, -0.2) is 14.6 Å². The number of hydrogen-bond donors (Lipinski definition) is 2. The van der Waals surface area contributed by atoms with Crippen LogP contribution in [-0.4, -0.2) is 47.0 Å². The van der Waals surface area contributed by atoms with Gasteiger partial charge in [0, 0.05) is 28.1 Å². The minimum absolute atomic E-state index is 0.00278. The molecule has 1 aliphatic carbocycles. The number of aromatic nitrogens is 7. The first-order valence-corrected chi connectivity index (χ1v) is 13.4. The van der Waals surface area contributed by atoms with Crippen LogP contribution in [0.25, 0.3) is 28.3 Å². The first-order chi connectivity index (χ1) is 19.8. The molecule has 11 nitrogen and oxygen atoms in total. The number of nitrogens with zero attached hydrogens (tertiary/aromatic N) is 6. The lowest BCUT2D eigenvalue weighted by Gasteiger charge is -2.18. The van der Waals surface area contributed by atoms with E-state index < -0.39 is 12.0 Å². The molecule has 204 valence electrons. The Kier molecular flexibility index (Phi) is 5.16. The molecule has 1 amide bonds. The Balaban J connectivity index is 1.19. The largest absolute Gasteiger partial charge is 0.482 e. The number of amides is 1. The number of nitrogens with one attached hydrogen (secondary N) is 2. The summed E-state index contributed by atoms with van der Waals surface area (Å²) in [5.41, 5.74) is 2.62. The molecule has 1 fully saturated rings. The van der Waals surface area contributed by atoms with Gasteiger partial charge in [0.1, 0.15) is 17.4 Å². The Morgan fingerprint density at radius 2 is 1.95 bits per heavy atom. The molecule has 0 spiro atoms. The summed E-state index contributed by atoms with van der Waals surface area (Å²) in [7, 11) is 0. The van der Waals surface area contributed by atoms with E-state index in [9.17, 15) is 9.59 Å². The van der Waals surface area contributed by atoms with E-state index in [-0.39, 0.29) is 40.8 Å². The molecule has 0 radical (unpaired) electrons. The smallest absolute Gasteiger partial charge is 0.262 e. The van der Waals surface area contributed by atoms with E-state index in [0.29, 0.717) is 50.6 Å². The summed E-state index contributed by atoms with van der Waals surface area (Å²) in [5, 5.41) is 11.3. The third-order valence-corrected chi connectivity index (χ3v) is 8.06. The summed E-state index contributed by atoms with van der Waals surface area (Å²) in [6.07, 6.45) is 2.31. The number of anilines is 1. The van der Waals surface area contributed by atoms with Crippen LogP contribution in [0.3, 0.4) is 0 Å². The minimum atomic E-state index is -0.688. The van der Waals surface area contributed by atoms with Gasteiger partial charge < -0.3 is 15.0 Å². The van der Waals surface area contributed by atoms with E-state index in [1.807, 2.05) is 0 Å². The molecule has 3 atom stereocenters. The molecule has 0 saturated heterocycles. The van der Waals surface area contributed by atoms with Gasteiger partial charge in [-0.05, 0) is 48.7 Å². The van der Waals surface area contributed by atoms with E-state index in [0.717, 1.165) is 6.42 Å². The SMILES string of the molecule is O=C1COc2cc(-c3nc(F)c(C4C5CC5c5nc(-c6cc(Cl)ccc6-n6cc(Cl)nn6)cc(=O)n54)[nH]3)ccc2N1. The van der Waals surface area contributed by atoms with Gasteiger partial charge in [-0.1, -0.05) is 28.4 Å². The minimum Gasteiger partial charge on any atom is -0.482 e. The van der Waals surface area contributed by atoms with Gasteiger partial charge in [-0.3, -0.25) is 14.2 Å². The van der Waals surface area contributed by atoms with E-state index in [2.05, 4.69) is 25.6 Å². The number of halogens is 3. The Morgan fingerprint density at radius 3 is 2.78 bits per heavy atom. The number of carbonyl (C=O) groups is 1. The molecule has 1 saturated carbocycles. The van der Waals surface area contributed by atoms with Crippen LogP contribution in [0.1, 0.15) is 29.9 Å². The lowest BCUT2D eigenvalue weighted by atomic mass is 10.1. The van der Waals surface area contributed by atoms with Crippen LogP contribution in [0, 0.1) is 11.9 Å². The first kappa shape index (κ1) is 24.3. The second-order valence-electron chi connectivity index (χ2n) is 10.1. The third kappa shape index (κ3) is 3.85. The molecule has 41 heavy (non-hydrogen) atoms. The van der Waals surface area contributed by atoms with E-state index in [1.165, 1.54) is 10.7 Å². The molecule has 5 heterocycles. The van der Waals surface area contributed by atoms with E-state index in [4.69, 9.17) is 32.9 Å². The number of aromatic amines is 1. The lowest BCUT2D eigenvalue weighted by molar-refractivity contribution is -0.118. The van der Waals surface area contributed by atoms with Crippen LogP contribution < -0.4 is 15.6 Å². The van der Waals surface area contributed by atoms with Crippen molar-refractivity contribution >= 4 is 34.8 Å². The number of hydrogen-bond acceptors (Lipinski definition) is 7. The van der Waals surface area contributed by atoms with Crippen molar-refractivity contribution in [1.82, 2.24) is 34.5 Å². The zero-order valence-electron chi connectivity index (χ0n) is 20.8. The first-order valence-electron chi connectivity index (χ1n) is 12.7. The van der Waals surface area contributed by atoms with E-state index >= 15 is 4.39 Å². The van der Waals surface area contributed by atoms with Crippen LogP contribution in [-0.2, 0) is 4.79 Å². The number of fused-ring (bicyclic) bond motifs is 4. The number of rotatable bonds is 4. The van der Waals surface area contributed by atoms with Crippen molar-refractivity contribution in [2.75, 3.05) is 11.9 Å². The molecule has 0 bridgehead atoms. The highest BCUT2D eigenvalue weighted by Crippen LogP contribution is 2.60. The quantitative estimate of drug-likeness (QED) is 0.317. The number of H-pyrrole nitrogens is 1. The van der Waals surface area contributed by atoms with Crippen LogP contribution in [0.5, 0.6) is 5.75 Å². The lowest BCUT2D eigenvalue weighted by Crippen LogP contribution is -2.27. The molecule has 2 aliphatic heterocycles. The summed E-state index contributed by atoms with van der Waals surface area (Å²) < 4.78 is 23.9. The maximum absolute atomic E-state index is 15.4. The van der Waals surface area contributed by atoms with Crippen molar-refractivity contribution in [3.05, 3.63) is 86.7 Å². The fourth-order valence-corrected chi connectivity index (χ4v) is 6.08.